The predicted molar refractivity (Wildman–Crippen MR) is 80.6 cm³/mol. The Morgan fingerprint density at radius 3 is 2.95 bits per heavy atom. The average molecular weight is 280 g/mol. The Bertz CT molecular complexity index is 461. The number of hydrogen-bond donors (Lipinski definition) is 1. The van der Waals surface area contributed by atoms with Crippen molar-refractivity contribution in [3.05, 3.63) is 35.1 Å². The summed E-state index contributed by atoms with van der Waals surface area (Å²) in [6.07, 6.45) is 3.75. The molecule has 1 saturated heterocycles. The Kier molecular flexibility index (Phi) is 4.88. The van der Waals surface area contributed by atoms with Gasteiger partial charge in [-0.1, -0.05) is 37.7 Å². The number of rotatable bonds is 5. The van der Waals surface area contributed by atoms with Crippen LogP contribution in [0.1, 0.15) is 37.3 Å². The van der Waals surface area contributed by atoms with Gasteiger partial charge >= 0.3 is 0 Å². The maximum Gasteiger partial charge on any atom is 0.128 e. The molecule has 1 aliphatic heterocycles. The molecular weight excluding hydrogens is 259 g/mol. The van der Waals surface area contributed by atoms with E-state index in [2.05, 4.69) is 11.8 Å². The van der Waals surface area contributed by atoms with Crippen molar-refractivity contribution in [2.75, 3.05) is 13.1 Å². The zero-order valence-electron chi connectivity index (χ0n) is 11.4. The summed E-state index contributed by atoms with van der Waals surface area (Å²) in [6.45, 7) is 5.06. The summed E-state index contributed by atoms with van der Waals surface area (Å²) in [5, 5.41) is 0. The Morgan fingerprint density at radius 1 is 1.53 bits per heavy atom. The van der Waals surface area contributed by atoms with Crippen LogP contribution < -0.4 is 5.73 Å². The number of nitrogens with two attached hydrogens (primary N) is 1. The van der Waals surface area contributed by atoms with Gasteiger partial charge in [0.05, 0.1) is 0 Å². The Morgan fingerprint density at radius 2 is 2.32 bits per heavy atom. The highest BCUT2D eigenvalue weighted by atomic mass is 32.1. The summed E-state index contributed by atoms with van der Waals surface area (Å²) in [6, 6.07) is 5.05. The molecular formula is C15H21FN2S. The van der Waals surface area contributed by atoms with Crippen LogP contribution >= 0.6 is 12.2 Å². The van der Waals surface area contributed by atoms with Crippen molar-refractivity contribution >= 4 is 17.2 Å². The van der Waals surface area contributed by atoms with E-state index >= 15 is 0 Å². The van der Waals surface area contributed by atoms with Gasteiger partial charge < -0.3 is 5.73 Å². The van der Waals surface area contributed by atoms with E-state index in [1.54, 1.807) is 12.1 Å². The van der Waals surface area contributed by atoms with E-state index in [0.717, 1.165) is 24.6 Å². The molecule has 1 atom stereocenters. The predicted octanol–water partition coefficient (Wildman–Crippen LogP) is 3.08. The zero-order valence-corrected chi connectivity index (χ0v) is 12.2. The van der Waals surface area contributed by atoms with Crippen LogP contribution in [0, 0.1) is 11.7 Å². The third-order valence-electron chi connectivity index (χ3n) is 3.80. The maximum atomic E-state index is 14.0. The highest BCUT2D eigenvalue weighted by Gasteiger charge is 2.22. The first-order chi connectivity index (χ1) is 9.10. The van der Waals surface area contributed by atoms with Crippen molar-refractivity contribution in [3.63, 3.8) is 0 Å². The van der Waals surface area contributed by atoms with Gasteiger partial charge in [-0.25, -0.2) is 4.39 Å². The van der Waals surface area contributed by atoms with E-state index in [4.69, 9.17) is 18.0 Å². The first-order valence-corrected chi connectivity index (χ1v) is 7.31. The highest BCUT2D eigenvalue weighted by Crippen LogP contribution is 2.23. The molecule has 1 aromatic carbocycles. The molecule has 4 heteroatoms. The molecule has 0 saturated carbocycles. The first-order valence-electron chi connectivity index (χ1n) is 6.90. The lowest BCUT2D eigenvalue weighted by atomic mass is 10.0. The van der Waals surface area contributed by atoms with Gasteiger partial charge in [0, 0.05) is 24.2 Å². The monoisotopic (exact) mass is 280 g/mol. The molecule has 1 heterocycles. The van der Waals surface area contributed by atoms with Gasteiger partial charge in [0.1, 0.15) is 10.8 Å². The summed E-state index contributed by atoms with van der Waals surface area (Å²) in [7, 11) is 0. The minimum atomic E-state index is -0.204. The van der Waals surface area contributed by atoms with Gasteiger partial charge in [0.15, 0.2) is 0 Å². The van der Waals surface area contributed by atoms with Gasteiger partial charge in [0.2, 0.25) is 0 Å². The molecule has 2 N–H and O–H groups in total. The fourth-order valence-electron chi connectivity index (χ4n) is 2.77. The quantitative estimate of drug-likeness (QED) is 0.841. The molecule has 1 aromatic rings. The van der Waals surface area contributed by atoms with Crippen molar-refractivity contribution in [2.45, 2.75) is 32.7 Å². The summed E-state index contributed by atoms with van der Waals surface area (Å²) in [4.78, 5) is 2.58. The van der Waals surface area contributed by atoms with Gasteiger partial charge in [-0.2, -0.15) is 0 Å². The van der Waals surface area contributed by atoms with Crippen molar-refractivity contribution in [3.8, 4) is 0 Å². The lowest BCUT2D eigenvalue weighted by molar-refractivity contribution is 0.308. The van der Waals surface area contributed by atoms with E-state index in [1.165, 1.54) is 25.3 Å². The molecule has 0 radical (unpaired) electrons. The molecule has 2 rings (SSSR count). The van der Waals surface area contributed by atoms with E-state index in [9.17, 15) is 4.39 Å². The van der Waals surface area contributed by atoms with E-state index in [0.29, 0.717) is 12.1 Å². The molecule has 0 spiro atoms. The third-order valence-corrected chi connectivity index (χ3v) is 4.03. The van der Waals surface area contributed by atoms with Crippen LogP contribution in [0.2, 0.25) is 0 Å². The van der Waals surface area contributed by atoms with Crippen molar-refractivity contribution in [2.24, 2.45) is 11.7 Å². The average Bonchev–Trinajstić information content (AvgIpc) is 2.79. The van der Waals surface area contributed by atoms with Gasteiger partial charge in [-0.3, -0.25) is 4.90 Å². The van der Waals surface area contributed by atoms with Gasteiger partial charge in [-0.15, -0.1) is 0 Å². The Balaban J connectivity index is 1.98. The number of hydrogen-bond acceptors (Lipinski definition) is 2. The maximum absolute atomic E-state index is 14.0. The Hall–Kier alpha value is -1.00. The molecule has 0 amide bonds. The van der Waals surface area contributed by atoms with Crippen LogP contribution in [0.25, 0.3) is 0 Å². The second kappa shape index (κ2) is 6.44. The minimum absolute atomic E-state index is 0.204. The fraction of sp³-hybridized carbons (Fsp3) is 0.533. The summed E-state index contributed by atoms with van der Waals surface area (Å²) in [5.74, 6) is 0.577. The first kappa shape index (κ1) is 14.4. The summed E-state index contributed by atoms with van der Waals surface area (Å²) < 4.78 is 14.0. The third kappa shape index (κ3) is 3.74. The van der Waals surface area contributed by atoms with E-state index in [1.807, 2.05) is 0 Å². The molecule has 0 aliphatic carbocycles. The molecule has 1 aliphatic rings. The van der Waals surface area contributed by atoms with Crippen LogP contribution in [0.5, 0.6) is 0 Å². The molecule has 104 valence electrons. The van der Waals surface area contributed by atoms with Crippen molar-refractivity contribution in [1.82, 2.24) is 4.90 Å². The molecule has 19 heavy (non-hydrogen) atoms. The summed E-state index contributed by atoms with van der Waals surface area (Å²) >= 11 is 4.85. The second-order valence-corrected chi connectivity index (χ2v) is 5.79. The van der Waals surface area contributed by atoms with Crippen molar-refractivity contribution in [1.29, 1.82) is 0 Å². The lowest BCUT2D eigenvalue weighted by Crippen LogP contribution is -2.21. The molecule has 1 fully saturated rings. The van der Waals surface area contributed by atoms with Crippen LogP contribution in [0.15, 0.2) is 18.2 Å². The Labute approximate surface area is 119 Å². The topological polar surface area (TPSA) is 29.3 Å². The van der Waals surface area contributed by atoms with Crippen LogP contribution in [0.3, 0.4) is 0 Å². The van der Waals surface area contributed by atoms with E-state index < -0.39 is 0 Å². The largest absolute Gasteiger partial charge is 0.389 e. The van der Waals surface area contributed by atoms with Crippen molar-refractivity contribution < 1.29 is 4.39 Å². The van der Waals surface area contributed by atoms with E-state index in [-0.39, 0.29) is 10.8 Å². The van der Waals surface area contributed by atoms with Crippen LogP contribution in [0.4, 0.5) is 4.39 Å². The minimum Gasteiger partial charge on any atom is -0.389 e. The standard InChI is InChI=1S/C15H21FN2S/c1-2-3-11-6-7-18(9-11)10-13-5-4-12(15(17)19)8-14(13)16/h4-5,8,11H,2-3,6-7,9-10H2,1H3,(H2,17,19). The second-order valence-electron chi connectivity index (χ2n) is 5.35. The van der Waals surface area contributed by atoms with Gasteiger partial charge in [-0.05, 0) is 31.4 Å². The number of thiocarbonyl (C=S) groups is 1. The number of likely N-dealkylation sites (tertiary alicyclic amines) is 1. The number of benzene rings is 1. The summed E-state index contributed by atoms with van der Waals surface area (Å²) in [5.41, 5.74) is 6.83. The molecule has 0 bridgehead atoms. The molecule has 2 nitrogen and oxygen atoms in total. The molecule has 1 unspecified atom stereocenters. The lowest BCUT2D eigenvalue weighted by Gasteiger charge is -2.16. The number of nitrogens with zero attached hydrogens (tertiary/aromatic N) is 1. The fourth-order valence-corrected chi connectivity index (χ4v) is 2.90. The molecule has 0 aromatic heterocycles. The zero-order chi connectivity index (χ0) is 13.8. The van der Waals surface area contributed by atoms with Crippen LogP contribution in [-0.4, -0.2) is 23.0 Å². The van der Waals surface area contributed by atoms with Crippen LogP contribution in [-0.2, 0) is 6.54 Å². The number of halogens is 1. The normalized spacial score (nSPS) is 19.8. The SMILES string of the molecule is CCCC1CCN(Cc2ccc(C(N)=S)cc2F)C1. The highest BCUT2D eigenvalue weighted by molar-refractivity contribution is 7.80. The van der Waals surface area contributed by atoms with Gasteiger partial charge in [0.25, 0.3) is 0 Å². The smallest absolute Gasteiger partial charge is 0.128 e.